The van der Waals surface area contributed by atoms with Crippen LogP contribution < -0.4 is 0 Å². The van der Waals surface area contributed by atoms with Gasteiger partial charge in [0, 0.05) is 8.41 Å². The van der Waals surface area contributed by atoms with Gasteiger partial charge in [-0.3, -0.25) is 0 Å². The van der Waals surface area contributed by atoms with E-state index in [0.717, 1.165) is 0 Å². The quantitative estimate of drug-likeness (QED) is 0.179. The molecule has 0 saturated carbocycles. The summed E-state index contributed by atoms with van der Waals surface area (Å²) in [7, 11) is 0. The highest BCUT2D eigenvalue weighted by atomic mass is 14.2. The highest BCUT2D eigenvalue weighted by molar-refractivity contribution is 6.21. The van der Waals surface area contributed by atoms with Gasteiger partial charge in [-0.25, -0.2) is 0 Å². The minimum Gasteiger partial charge on any atom is -0.0622 e. The zero-order valence-corrected chi connectivity index (χ0v) is 20.4. The van der Waals surface area contributed by atoms with Gasteiger partial charge in [0.25, 0.3) is 0 Å². The summed E-state index contributed by atoms with van der Waals surface area (Å²) in [4.78, 5) is 0. The average molecular weight is 467 g/mol. The number of fused-ring (bicyclic) bond motifs is 3. The summed E-state index contributed by atoms with van der Waals surface area (Å²) in [6, 6.07) is 52.7. The molecular formula is C36H24B. The molecule has 0 amide bonds. The van der Waals surface area contributed by atoms with Crippen LogP contribution in [0.25, 0.3) is 65.7 Å². The first-order valence-electron chi connectivity index (χ1n) is 12.5. The standard InChI is InChI=1S/C36H24.B/c1-2-12-27(13-3-1)35-31-16-6-8-18-33(31)36(34-19-9-7-17-32(34)35)28-23-21-26(22-24-28)30-20-10-14-25-11-4-5-15-29(25)30;/h1-24H;. The molecule has 0 fully saturated rings. The van der Waals surface area contributed by atoms with Crippen LogP contribution in [0.1, 0.15) is 0 Å². The van der Waals surface area contributed by atoms with Crippen molar-refractivity contribution in [3.8, 4) is 33.4 Å². The lowest BCUT2D eigenvalue weighted by Gasteiger charge is -2.18. The molecule has 171 valence electrons. The first-order valence-corrected chi connectivity index (χ1v) is 12.5. The molecule has 0 nitrogen and oxygen atoms in total. The van der Waals surface area contributed by atoms with Crippen molar-refractivity contribution in [1.29, 1.82) is 0 Å². The van der Waals surface area contributed by atoms with Crippen molar-refractivity contribution < 1.29 is 0 Å². The second-order valence-electron chi connectivity index (χ2n) is 9.31. The third-order valence-corrected chi connectivity index (χ3v) is 7.27. The summed E-state index contributed by atoms with van der Waals surface area (Å²) in [6.45, 7) is 0. The van der Waals surface area contributed by atoms with Crippen LogP contribution >= 0.6 is 0 Å². The van der Waals surface area contributed by atoms with E-state index in [1.165, 1.54) is 65.7 Å². The fraction of sp³-hybridized carbons (Fsp3) is 0. The van der Waals surface area contributed by atoms with Crippen LogP contribution in [0.4, 0.5) is 0 Å². The minimum atomic E-state index is 0. The third-order valence-electron chi connectivity index (χ3n) is 7.27. The van der Waals surface area contributed by atoms with Crippen LogP contribution in [0, 0.1) is 0 Å². The molecule has 7 aromatic carbocycles. The van der Waals surface area contributed by atoms with E-state index in [9.17, 15) is 0 Å². The van der Waals surface area contributed by atoms with Gasteiger partial charge in [-0.05, 0) is 65.7 Å². The van der Waals surface area contributed by atoms with Crippen LogP contribution in [-0.4, -0.2) is 8.41 Å². The molecule has 1 heteroatoms. The van der Waals surface area contributed by atoms with Gasteiger partial charge in [0.15, 0.2) is 0 Å². The molecule has 0 bridgehead atoms. The fourth-order valence-corrected chi connectivity index (χ4v) is 5.65. The Morgan fingerprint density at radius 3 is 1.24 bits per heavy atom. The van der Waals surface area contributed by atoms with Gasteiger partial charge in [0.1, 0.15) is 0 Å². The Morgan fingerprint density at radius 1 is 0.270 bits per heavy atom. The summed E-state index contributed by atoms with van der Waals surface area (Å²) in [5.41, 5.74) is 7.61. The average Bonchev–Trinajstić information content (AvgIpc) is 2.96. The Bertz CT molecular complexity index is 1800. The third kappa shape index (κ3) is 3.81. The van der Waals surface area contributed by atoms with Crippen molar-refractivity contribution in [2.75, 3.05) is 0 Å². The summed E-state index contributed by atoms with van der Waals surface area (Å²) in [6.07, 6.45) is 0. The summed E-state index contributed by atoms with van der Waals surface area (Å²) in [5, 5.41) is 7.70. The van der Waals surface area contributed by atoms with E-state index in [1.807, 2.05) is 0 Å². The predicted molar refractivity (Wildman–Crippen MR) is 161 cm³/mol. The lowest BCUT2D eigenvalue weighted by atomic mass is 9.85. The number of rotatable bonds is 3. The molecule has 0 saturated heterocycles. The molecule has 0 N–H and O–H groups in total. The molecule has 3 radical (unpaired) electrons. The molecule has 0 aliphatic rings. The molecule has 0 aromatic heterocycles. The van der Waals surface area contributed by atoms with Crippen molar-refractivity contribution in [3.63, 3.8) is 0 Å². The SMILES string of the molecule is [B].c1ccc(-c2c3ccccc3c(-c3ccc(-c4cccc5ccccc45)cc3)c3ccccc23)cc1. The first-order chi connectivity index (χ1) is 17.9. The Hall–Kier alpha value is -4.62. The van der Waals surface area contributed by atoms with E-state index >= 15 is 0 Å². The van der Waals surface area contributed by atoms with Crippen LogP contribution in [0.5, 0.6) is 0 Å². The van der Waals surface area contributed by atoms with Crippen molar-refractivity contribution in [1.82, 2.24) is 0 Å². The van der Waals surface area contributed by atoms with Gasteiger partial charge in [0.2, 0.25) is 0 Å². The summed E-state index contributed by atoms with van der Waals surface area (Å²) >= 11 is 0. The van der Waals surface area contributed by atoms with Crippen molar-refractivity contribution >= 4 is 40.7 Å². The van der Waals surface area contributed by atoms with E-state index in [4.69, 9.17) is 0 Å². The van der Waals surface area contributed by atoms with E-state index in [2.05, 4.69) is 146 Å². The number of hydrogen-bond donors (Lipinski definition) is 0. The van der Waals surface area contributed by atoms with Gasteiger partial charge in [-0.2, -0.15) is 0 Å². The zero-order chi connectivity index (χ0) is 23.9. The van der Waals surface area contributed by atoms with Crippen LogP contribution in [0.3, 0.4) is 0 Å². The van der Waals surface area contributed by atoms with Crippen molar-refractivity contribution in [2.45, 2.75) is 0 Å². The van der Waals surface area contributed by atoms with Crippen LogP contribution in [0.15, 0.2) is 146 Å². The Morgan fingerprint density at radius 2 is 0.676 bits per heavy atom. The van der Waals surface area contributed by atoms with E-state index in [1.54, 1.807) is 0 Å². The Labute approximate surface area is 219 Å². The van der Waals surface area contributed by atoms with Gasteiger partial charge in [-0.1, -0.05) is 146 Å². The number of hydrogen-bond acceptors (Lipinski definition) is 0. The Kier molecular flexibility index (Phi) is 5.83. The molecule has 7 aromatic rings. The normalized spacial score (nSPS) is 11.0. The molecular weight excluding hydrogens is 443 g/mol. The maximum absolute atomic E-state index is 2.29. The minimum absolute atomic E-state index is 0. The predicted octanol–water partition coefficient (Wildman–Crippen LogP) is 9.77. The molecule has 0 unspecified atom stereocenters. The smallest absolute Gasteiger partial charge is 0 e. The fourth-order valence-electron chi connectivity index (χ4n) is 5.65. The Balaban J connectivity index is 0.00000252. The maximum Gasteiger partial charge on any atom is 0 e. The monoisotopic (exact) mass is 467 g/mol. The van der Waals surface area contributed by atoms with E-state index in [0.29, 0.717) is 0 Å². The van der Waals surface area contributed by atoms with Crippen molar-refractivity contribution in [2.24, 2.45) is 0 Å². The second-order valence-corrected chi connectivity index (χ2v) is 9.31. The molecule has 0 spiro atoms. The summed E-state index contributed by atoms with van der Waals surface area (Å²) in [5.74, 6) is 0. The molecule has 0 aliphatic heterocycles. The zero-order valence-electron chi connectivity index (χ0n) is 20.4. The van der Waals surface area contributed by atoms with Gasteiger partial charge < -0.3 is 0 Å². The highest BCUT2D eigenvalue weighted by Gasteiger charge is 2.16. The largest absolute Gasteiger partial charge is 0.0622 e. The van der Waals surface area contributed by atoms with Gasteiger partial charge in [-0.15, -0.1) is 0 Å². The molecule has 37 heavy (non-hydrogen) atoms. The molecule has 0 atom stereocenters. The lowest BCUT2D eigenvalue weighted by molar-refractivity contribution is 1.63. The first kappa shape index (κ1) is 22.8. The number of benzene rings is 7. The van der Waals surface area contributed by atoms with Crippen LogP contribution in [0.2, 0.25) is 0 Å². The van der Waals surface area contributed by atoms with Gasteiger partial charge in [0.05, 0.1) is 0 Å². The van der Waals surface area contributed by atoms with E-state index in [-0.39, 0.29) is 8.41 Å². The molecule has 7 rings (SSSR count). The van der Waals surface area contributed by atoms with Gasteiger partial charge >= 0.3 is 0 Å². The lowest BCUT2D eigenvalue weighted by Crippen LogP contribution is -1.90. The molecule has 0 heterocycles. The topological polar surface area (TPSA) is 0 Å². The summed E-state index contributed by atoms with van der Waals surface area (Å²) < 4.78 is 0. The second kappa shape index (κ2) is 9.45. The highest BCUT2D eigenvalue weighted by Crippen LogP contribution is 2.43. The van der Waals surface area contributed by atoms with E-state index < -0.39 is 0 Å². The maximum atomic E-state index is 2.29. The van der Waals surface area contributed by atoms with Crippen molar-refractivity contribution in [3.05, 3.63) is 146 Å². The van der Waals surface area contributed by atoms with Crippen LogP contribution in [-0.2, 0) is 0 Å². The molecule has 0 aliphatic carbocycles.